The molecule has 0 amide bonds. The molecule has 1 N–H and O–H groups in total. The molecule has 3 rings (SSSR count). The van der Waals surface area contributed by atoms with E-state index in [9.17, 15) is 9.50 Å². The van der Waals surface area contributed by atoms with E-state index in [-0.39, 0.29) is 12.4 Å². The molecule has 0 radical (unpaired) electrons. The maximum Gasteiger partial charge on any atom is 0.142 e. The molecule has 0 unspecified atom stereocenters. The Hall–Kier alpha value is -1.78. The summed E-state index contributed by atoms with van der Waals surface area (Å²) in [7, 11) is 0. The standard InChI is InChI=1S/C16H15ClFNO2/c17-13-2-1-3-14(18)12(13)9-19-6-7-21-16-5-4-11(10-20)8-15(16)19/h1-5,8,20H,6-7,9-10H2. The van der Waals surface area contributed by atoms with Crippen LogP contribution in [-0.4, -0.2) is 18.3 Å². The van der Waals surface area contributed by atoms with Crippen molar-refractivity contribution < 1.29 is 14.2 Å². The number of halogens is 2. The van der Waals surface area contributed by atoms with Crippen molar-refractivity contribution in [3.8, 4) is 5.75 Å². The smallest absolute Gasteiger partial charge is 0.142 e. The van der Waals surface area contributed by atoms with Gasteiger partial charge in [-0.2, -0.15) is 0 Å². The van der Waals surface area contributed by atoms with Gasteiger partial charge in [0.25, 0.3) is 0 Å². The Morgan fingerprint density at radius 1 is 1.29 bits per heavy atom. The lowest BCUT2D eigenvalue weighted by Crippen LogP contribution is -2.32. The third-order valence-electron chi connectivity index (χ3n) is 3.58. The maximum atomic E-state index is 13.9. The number of benzene rings is 2. The molecule has 3 nitrogen and oxygen atoms in total. The van der Waals surface area contributed by atoms with Gasteiger partial charge < -0.3 is 14.7 Å². The van der Waals surface area contributed by atoms with E-state index in [0.29, 0.717) is 30.3 Å². The van der Waals surface area contributed by atoms with Crippen LogP contribution in [0, 0.1) is 5.82 Å². The second kappa shape index (κ2) is 5.92. The van der Waals surface area contributed by atoms with Gasteiger partial charge in [0.15, 0.2) is 0 Å². The summed E-state index contributed by atoms with van der Waals surface area (Å²) in [5.41, 5.74) is 2.12. The van der Waals surface area contributed by atoms with E-state index < -0.39 is 0 Å². The van der Waals surface area contributed by atoms with Crippen LogP contribution in [0.4, 0.5) is 10.1 Å². The van der Waals surface area contributed by atoms with Crippen LogP contribution in [0.15, 0.2) is 36.4 Å². The first-order chi connectivity index (χ1) is 10.2. The molecule has 0 spiro atoms. The Balaban J connectivity index is 1.95. The minimum atomic E-state index is -0.311. The van der Waals surface area contributed by atoms with Gasteiger partial charge >= 0.3 is 0 Å². The number of nitrogens with zero attached hydrogens (tertiary/aromatic N) is 1. The number of ether oxygens (including phenoxy) is 1. The molecule has 1 aliphatic rings. The van der Waals surface area contributed by atoms with E-state index >= 15 is 0 Å². The monoisotopic (exact) mass is 307 g/mol. The van der Waals surface area contributed by atoms with Gasteiger partial charge in [-0.05, 0) is 29.8 Å². The van der Waals surface area contributed by atoms with Crippen LogP contribution in [-0.2, 0) is 13.2 Å². The predicted molar refractivity (Wildman–Crippen MR) is 80.3 cm³/mol. The summed E-state index contributed by atoms with van der Waals surface area (Å²) in [6, 6.07) is 10.2. The molecule has 2 aromatic carbocycles. The van der Waals surface area contributed by atoms with Crippen LogP contribution in [0.25, 0.3) is 0 Å². The van der Waals surface area contributed by atoms with E-state index in [0.717, 1.165) is 17.0 Å². The summed E-state index contributed by atoms with van der Waals surface area (Å²) in [5, 5.41) is 9.68. The number of fused-ring (bicyclic) bond motifs is 1. The third kappa shape index (κ3) is 2.82. The van der Waals surface area contributed by atoms with Crippen molar-refractivity contribution in [1.29, 1.82) is 0 Å². The minimum absolute atomic E-state index is 0.0401. The number of rotatable bonds is 3. The number of anilines is 1. The molecule has 0 fully saturated rings. The Morgan fingerprint density at radius 2 is 2.14 bits per heavy atom. The van der Waals surface area contributed by atoms with E-state index in [4.69, 9.17) is 16.3 Å². The van der Waals surface area contributed by atoms with Crippen molar-refractivity contribution in [2.75, 3.05) is 18.1 Å². The number of hydrogen-bond acceptors (Lipinski definition) is 3. The Labute approximate surface area is 127 Å². The fourth-order valence-corrected chi connectivity index (χ4v) is 2.68. The second-order valence-electron chi connectivity index (χ2n) is 4.93. The summed E-state index contributed by atoms with van der Waals surface area (Å²) in [5.74, 6) is 0.430. The SMILES string of the molecule is OCc1ccc2c(c1)N(Cc1c(F)cccc1Cl)CCO2. The first-order valence-corrected chi connectivity index (χ1v) is 7.11. The van der Waals surface area contributed by atoms with Crippen molar-refractivity contribution in [2.24, 2.45) is 0 Å². The third-order valence-corrected chi connectivity index (χ3v) is 3.93. The van der Waals surface area contributed by atoms with Gasteiger partial charge in [0.1, 0.15) is 18.2 Å². The minimum Gasteiger partial charge on any atom is -0.490 e. The van der Waals surface area contributed by atoms with E-state index in [2.05, 4.69) is 0 Å². The fourth-order valence-electron chi connectivity index (χ4n) is 2.46. The average molecular weight is 308 g/mol. The van der Waals surface area contributed by atoms with Crippen LogP contribution >= 0.6 is 11.6 Å². The molecule has 1 heterocycles. The zero-order chi connectivity index (χ0) is 14.8. The zero-order valence-electron chi connectivity index (χ0n) is 11.4. The van der Waals surface area contributed by atoms with Gasteiger partial charge in [-0.25, -0.2) is 4.39 Å². The van der Waals surface area contributed by atoms with Gasteiger partial charge in [-0.15, -0.1) is 0 Å². The normalized spacial score (nSPS) is 13.8. The molecule has 0 aromatic heterocycles. The lowest BCUT2D eigenvalue weighted by molar-refractivity contribution is 0.280. The summed E-state index contributed by atoms with van der Waals surface area (Å²) in [4.78, 5) is 2.02. The Morgan fingerprint density at radius 3 is 2.90 bits per heavy atom. The van der Waals surface area contributed by atoms with Crippen molar-refractivity contribution in [3.05, 3.63) is 58.4 Å². The predicted octanol–water partition coefficient (Wildman–Crippen LogP) is 3.37. The molecule has 0 atom stereocenters. The fraction of sp³-hybridized carbons (Fsp3) is 0.250. The number of aliphatic hydroxyl groups is 1. The van der Waals surface area contributed by atoms with Gasteiger partial charge in [-0.1, -0.05) is 23.7 Å². The highest BCUT2D eigenvalue weighted by Gasteiger charge is 2.20. The van der Waals surface area contributed by atoms with E-state index in [1.54, 1.807) is 12.1 Å². The highest BCUT2D eigenvalue weighted by molar-refractivity contribution is 6.31. The first kappa shape index (κ1) is 14.2. The highest BCUT2D eigenvalue weighted by atomic mass is 35.5. The summed E-state index contributed by atoms with van der Waals surface area (Å²) >= 11 is 6.10. The summed E-state index contributed by atoms with van der Waals surface area (Å²) in [6.07, 6.45) is 0. The summed E-state index contributed by atoms with van der Waals surface area (Å²) in [6.45, 7) is 1.52. The number of hydrogen-bond donors (Lipinski definition) is 1. The van der Waals surface area contributed by atoms with Crippen LogP contribution in [0.3, 0.4) is 0 Å². The van der Waals surface area contributed by atoms with Crippen LogP contribution in [0.2, 0.25) is 5.02 Å². The van der Waals surface area contributed by atoms with E-state index in [1.165, 1.54) is 6.07 Å². The molecule has 0 bridgehead atoms. The Bertz CT molecular complexity index is 642. The lowest BCUT2D eigenvalue weighted by Gasteiger charge is -2.32. The quantitative estimate of drug-likeness (QED) is 0.943. The highest BCUT2D eigenvalue weighted by Crippen LogP contribution is 2.34. The molecule has 21 heavy (non-hydrogen) atoms. The van der Waals surface area contributed by atoms with Crippen molar-refractivity contribution >= 4 is 17.3 Å². The second-order valence-corrected chi connectivity index (χ2v) is 5.34. The van der Waals surface area contributed by atoms with Gasteiger partial charge in [0.2, 0.25) is 0 Å². The van der Waals surface area contributed by atoms with Crippen LogP contribution in [0.5, 0.6) is 5.75 Å². The van der Waals surface area contributed by atoms with Gasteiger partial charge in [0.05, 0.1) is 18.8 Å². The maximum absolute atomic E-state index is 13.9. The molecular formula is C16H15ClFNO2. The lowest BCUT2D eigenvalue weighted by atomic mass is 10.1. The molecule has 2 aromatic rings. The van der Waals surface area contributed by atoms with Gasteiger partial charge in [-0.3, -0.25) is 0 Å². The first-order valence-electron chi connectivity index (χ1n) is 6.73. The molecule has 110 valence electrons. The topological polar surface area (TPSA) is 32.7 Å². The molecule has 0 saturated carbocycles. The summed E-state index contributed by atoms with van der Waals surface area (Å²) < 4.78 is 19.5. The zero-order valence-corrected chi connectivity index (χ0v) is 12.1. The molecule has 1 aliphatic heterocycles. The van der Waals surface area contributed by atoms with Crippen LogP contribution in [0.1, 0.15) is 11.1 Å². The number of aliphatic hydroxyl groups excluding tert-OH is 1. The van der Waals surface area contributed by atoms with Crippen LogP contribution < -0.4 is 9.64 Å². The van der Waals surface area contributed by atoms with E-state index in [1.807, 2.05) is 23.1 Å². The molecular weight excluding hydrogens is 293 g/mol. The largest absolute Gasteiger partial charge is 0.490 e. The molecule has 5 heteroatoms. The van der Waals surface area contributed by atoms with Crippen molar-refractivity contribution in [2.45, 2.75) is 13.2 Å². The molecule has 0 aliphatic carbocycles. The van der Waals surface area contributed by atoms with Crippen molar-refractivity contribution in [1.82, 2.24) is 0 Å². The van der Waals surface area contributed by atoms with Crippen molar-refractivity contribution in [3.63, 3.8) is 0 Å². The molecule has 0 saturated heterocycles. The van der Waals surface area contributed by atoms with Gasteiger partial charge in [0, 0.05) is 17.1 Å². The average Bonchev–Trinajstić information content (AvgIpc) is 2.50. The Kier molecular flexibility index (Phi) is 3.99.